The first kappa shape index (κ1) is 14.3. The summed E-state index contributed by atoms with van der Waals surface area (Å²) in [6, 6.07) is 3.37. The normalized spacial score (nSPS) is 28.4. The van der Waals surface area contributed by atoms with Crippen LogP contribution in [0.4, 0.5) is 0 Å². The van der Waals surface area contributed by atoms with Gasteiger partial charge in [-0.1, -0.05) is 0 Å². The molecule has 2 aliphatic rings. The average molecular weight is 303 g/mol. The minimum absolute atomic E-state index is 0.0500. The molecule has 6 heteroatoms. The van der Waals surface area contributed by atoms with Crippen LogP contribution in [0.15, 0.2) is 23.9 Å². The Kier molecular flexibility index (Phi) is 3.37. The molecule has 2 aliphatic heterocycles. The van der Waals surface area contributed by atoms with Gasteiger partial charge in [0.25, 0.3) is 5.91 Å². The topological polar surface area (TPSA) is 76.3 Å². The predicted molar refractivity (Wildman–Crippen MR) is 82.3 cm³/mol. The molecule has 5 nitrogen and oxygen atoms in total. The van der Waals surface area contributed by atoms with Crippen molar-refractivity contribution >= 4 is 30.0 Å². The Morgan fingerprint density at radius 2 is 2.29 bits per heavy atom. The van der Waals surface area contributed by atoms with Crippen molar-refractivity contribution in [3.63, 3.8) is 0 Å². The molecule has 2 fully saturated rings. The van der Waals surface area contributed by atoms with E-state index in [9.17, 15) is 9.59 Å². The third kappa shape index (κ3) is 2.18. The van der Waals surface area contributed by atoms with E-state index >= 15 is 0 Å². The van der Waals surface area contributed by atoms with E-state index in [1.165, 1.54) is 0 Å². The van der Waals surface area contributed by atoms with Crippen LogP contribution < -0.4 is 5.73 Å². The fourth-order valence-electron chi connectivity index (χ4n) is 2.75. The number of amides is 1. The maximum atomic E-state index is 12.3. The first-order chi connectivity index (χ1) is 9.97. The maximum absolute atomic E-state index is 12.3. The molecule has 0 saturated carbocycles. The summed E-state index contributed by atoms with van der Waals surface area (Å²) >= 11 is 1.64. The summed E-state index contributed by atoms with van der Waals surface area (Å²) in [5, 5.41) is -0.0500. The lowest BCUT2D eigenvalue weighted by molar-refractivity contribution is -0.139. The molecule has 3 heterocycles. The van der Waals surface area contributed by atoms with E-state index in [2.05, 4.69) is 4.98 Å². The first-order valence-electron chi connectivity index (χ1n) is 6.80. The number of rotatable bonds is 3. The molecule has 2 saturated heterocycles. The lowest BCUT2D eigenvalue weighted by Gasteiger charge is -2.38. The number of nitrogens with zero attached hydrogens (tertiary/aromatic N) is 2. The highest BCUT2D eigenvalue weighted by atomic mass is 32.2. The standard InChI is InChI=1S/C15H17N3O2S/c1-15(2)12(8-19)18-13(20)11(14(18)21-15)6-10-5-9(7-16)3-4-17-10/h3-6,8,12,14H,7,16H2,1-2H3/b11-6-. The van der Waals surface area contributed by atoms with Crippen molar-refractivity contribution in [2.45, 2.75) is 36.6 Å². The van der Waals surface area contributed by atoms with Crippen molar-refractivity contribution in [1.29, 1.82) is 0 Å². The Balaban J connectivity index is 1.90. The quantitative estimate of drug-likeness (QED) is 0.515. The van der Waals surface area contributed by atoms with E-state index in [4.69, 9.17) is 5.73 Å². The molecule has 21 heavy (non-hydrogen) atoms. The Labute approximate surface area is 127 Å². The van der Waals surface area contributed by atoms with Gasteiger partial charge >= 0.3 is 0 Å². The highest BCUT2D eigenvalue weighted by Crippen LogP contribution is 2.52. The number of aldehydes is 1. The number of fused-ring (bicyclic) bond motifs is 1. The van der Waals surface area contributed by atoms with E-state index in [0.717, 1.165) is 17.5 Å². The van der Waals surface area contributed by atoms with E-state index in [-0.39, 0.29) is 22.1 Å². The number of β-lactam (4-membered cyclic amide) rings is 1. The second-order valence-corrected chi connectivity index (χ2v) is 7.49. The fraction of sp³-hybridized carbons (Fsp3) is 0.400. The van der Waals surface area contributed by atoms with Crippen molar-refractivity contribution in [2.75, 3.05) is 0 Å². The monoisotopic (exact) mass is 303 g/mol. The summed E-state index contributed by atoms with van der Waals surface area (Å²) < 4.78 is -0.260. The van der Waals surface area contributed by atoms with Gasteiger partial charge < -0.3 is 15.4 Å². The van der Waals surface area contributed by atoms with Gasteiger partial charge in [0.2, 0.25) is 0 Å². The van der Waals surface area contributed by atoms with Gasteiger partial charge in [0, 0.05) is 17.5 Å². The molecule has 0 aromatic carbocycles. The second-order valence-electron chi connectivity index (χ2n) is 5.76. The average Bonchev–Trinajstić information content (AvgIpc) is 2.72. The summed E-state index contributed by atoms with van der Waals surface area (Å²) in [5.74, 6) is -0.0740. The van der Waals surface area contributed by atoms with E-state index < -0.39 is 0 Å². The molecular formula is C15H17N3O2S. The molecule has 110 valence electrons. The Bertz CT molecular complexity index is 642. The van der Waals surface area contributed by atoms with Crippen LogP contribution in [0.5, 0.6) is 0 Å². The molecular weight excluding hydrogens is 286 g/mol. The molecule has 1 aromatic rings. The van der Waals surface area contributed by atoms with Gasteiger partial charge in [-0.25, -0.2) is 0 Å². The number of hydrogen-bond donors (Lipinski definition) is 1. The summed E-state index contributed by atoms with van der Waals surface area (Å²) in [4.78, 5) is 29.5. The Hall–Kier alpha value is -1.66. The van der Waals surface area contributed by atoms with Crippen LogP contribution in [0.25, 0.3) is 6.08 Å². The van der Waals surface area contributed by atoms with E-state index in [1.807, 2.05) is 26.0 Å². The smallest absolute Gasteiger partial charge is 0.254 e. The number of nitrogens with two attached hydrogens (primary N) is 1. The fourth-order valence-corrected chi connectivity index (χ4v) is 4.27. The third-order valence-electron chi connectivity index (χ3n) is 3.94. The zero-order valence-corrected chi connectivity index (χ0v) is 12.8. The van der Waals surface area contributed by atoms with E-state index in [1.54, 1.807) is 28.9 Å². The van der Waals surface area contributed by atoms with Crippen molar-refractivity contribution < 1.29 is 9.59 Å². The van der Waals surface area contributed by atoms with Gasteiger partial charge in [-0.3, -0.25) is 9.78 Å². The van der Waals surface area contributed by atoms with Crippen LogP contribution in [0.3, 0.4) is 0 Å². The van der Waals surface area contributed by atoms with Gasteiger partial charge in [-0.05, 0) is 37.6 Å². The second kappa shape index (κ2) is 4.96. The molecule has 0 aliphatic carbocycles. The molecule has 0 bridgehead atoms. The number of hydrogen-bond acceptors (Lipinski definition) is 5. The number of carbonyl (C=O) groups excluding carboxylic acids is 2. The zero-order valence-electron chi connectivity index (χ0n) is 11.9. The molecule has 2 N–H and O–H groups in total. The molecule has 2 unspecified atom stereocenters. The molecule has 0 radical (unpaired) electrons. The van der Waals surface area contributed by atoms with Crippen molar-refractivity contribution in [2.24, 2.45) is 5.73 Å². The summed E-state index contributed by atoms with van der Waals surface area (Å²) in [6.07, 6.45) is 4.36. The van der Waals surface area contributed by atoms with Crippen LogP contribution >= 0.6 is 11.8 Å². The highest BCUT2D eigenvalue weighted by Gasteiger charge is 2.58. The predicted octanol–water partition coefficient (Wildman–Crippen LogP) is 1.18. The van der Waals surface area contributed by atoms with E-state index in [0.29, 0.717) is 12.1 Å². The van der Waals surface area contributed by atoms with Crippen molar-refractivity contribution in [3.05, 3.63) is 35.2 Å². The number of pyridine rings is 1. The van der Waals surface area contributed by atoms with Crippen molar-refractivity contribution in [3.8, 4) is 0 Å². The van der Waals surface area contributed by atoms with Gasteiger partial charge in [0.1, 0.15) is 17.7 Å². The molecule has 1 aromatic heterocycles. The molecule has 1 amide bonds. The highest BCUT2D eigenvalue weighted by molar-refractivity contribution is 8.01. The van der Waals surface area contributed by atoms with Gasteiger partial charge in [0.05, 0.1) is 11.3 Å². The van der Waals surface area contributed by atoms with Crippen LogP contribution in [0, 0.1) is 0 Å². The van der Waals surface area contributed by atoms with Gasteiger partial charge in [0.15, 0.2) is 0 Å². The summed E-state index contributed by atoms with van der Waals surface area (Å²) in [6.45, 7) is 4.43. The number of aromatic nitrogens is 1. The molecule has 0 spiro atoms. The lowest BCUT2D eigenvalue weighted by atomic mass is 9.96. The summed E-state index contributed by atoms with van der Waals surface area (Å²) in [7, 11) is 0. The first-order valence-corrected chi connectivity index (χ1v) is 7.68. The molecule has 2 atom stereocenters. The molecule has 3 rings (SSSR count). The third-order valence-corrected chi connectivity index (χ3v) is 5.49. The zero-order chi connectivity index (χ0) is 15.2. The number of thioether (sulfide) groups is 1. The Morgan fingerprint density at radius 1 is 1.52 bits per heavy atom. The SMILES string of the molecule is CC1(C)SC2/C(=C\c3cc(CN)ccn3)C(=O)N2C1C=O. The Morgan fingerprint density at radius 3 is 2.95 bits per heavy atom. The summed E-state index contributed by atoms with van der Waals surface area (Å²) in [5.41, 5.74) is 8.03. The lowest BCUT2D eigenvalue weighted by Crippen LogP contribution is -2.56. The van der Waals surface area contributed by atoms with Crippen LogP contribution in [0.2, 0.25) is 0 Å². The van der Waals surface area contributed by atoms with Crippen LogP contribution in [-0.4, -0.2) is 38.2 Å². The minimum atomic E-state index is -0.361. The van der Waals surface area contributed by atoms with Crippen LogP contribution in [0.1, 0.15) is 25.1 Å². The minimum Gasteiger partial charge on any atom is -0.326 e. The van der Waals surface area contributed by atoms with Crippen LogP contribution in [-0.2, 0) is 16.1 Å². The largest absolute Gasteiger partial charge is 0.326 e. The van der Waals surface area contributed by atoms with Gasteiger partial charge in [-0.2, -0.15) is 0 Å². The van der Waals surface area contributed by atoms with Crippen molar-refractivity contribution in [1.82, 2.24) is 9.88 Å². The number of carbonyl (C=O) groups is 2. The van der Waals surface area contributed by atoms with Gasteiger partial charge in [-0.15, -0.1) is 11.8 Å². The maximum Gasteiger partial charge on any atom is 0.254 e.